The maximum atomic E-state index is 13.2. The van der Waals surface area contributed by atoms with Crippen LogP contribution in [0.2, 0.25) is 0 Å². The first kappa shape index (κ1) is 49.0. The minimum atomic E-state index is -0.720. The highest BCUT2D eigenvalue weighted by Gasteiger charge is 2.42. The highest BCUT2D eigenvalue weighted by atomic mass is 35.5. The summed E-state index contributed by atoms with van der Waals surface area (Å²) in [5, 5.41) is 2.01. The Bertz CT molecular complexity index is 1790. The SMILES string of the molecule is CC1=C(/C=C/C(C)=C/C=C/C(C)=C/C=C/C=C(C)/C=C/C=C(C)/C=C/C2=C(C)C(=O)C(OC(=O)C3CCC[NH2+]3)CC2(C)C)C(C)(C)CC(OC(=O)C2CCCC2)C1=O.[Cl-]. The second-order valence-corrected chi connectivity index (χ2v) is 18.0. The first-order valence-corrected chi connectivity index (χ1v) is 21.2. The number of quaternary nitrogens is 1. The van der Waals surface area contributed by atoms with E-state index in [1.165, 1.54) is 0 Å². The Kier molecular flexibility index (Phi) is 18.6. The molecule has 3 aliphatic carbocycles. The molecule has 1 saturated carbocycles. The molecule has 0 bridgehead atoms. The van der Waals surface area contributed by atoms with Crippen molar-refractivity contribution < 1.29 is 46.4 Å². The van der Waals surface area contributed by atoms with Gasteiger partial charge < -0.3 is 27.2 Å². The molecule has 0 amide bonds. The lowest BCUT2D eigenvalue weighted by atomic mass is 9.71. The van der Waals surface area contributed by atoms with E-state index in [1.807, 2.05) is 87.7 Å². The number of carbonyl (C=O) groups excluding carboxylic acids is 4. The van der Waals surface area contributed by atoms with Crippen molar-refractivity contribution >= 4 is 23.5 Å². The fourth-order valence-electron chi connectivity index (χ4n) is 8.37. The van der Waals surface area contributed by atoms with E-state index in [2.05, 4.69) is 71.9 Å². The summed E-state index contributed by atoms with van der Waals surface area (Å²) >= 11 is 0. The number of rotatable bonds is 14. The average molecular weight is 827 g/mol. The summed E-state index contributed by atoms with van der Waals surface area (Å²) in [6, 6.07) is -0.185. The van der Waals surface area contributed by atoms with Crippen molar-refractivity contribution in [2.75, 3.05) is 6.54 Å². The number of halogens is 1. The fraction of sp³-hybridized carbons (Fsp3) is 0.490. The minimum absolute atomic E-state index is 0. The van der Waals surface area contributed by atoms with Gasteiger partial charge in [-0.1, -0.05) is 148 Å². The molecular weight excluding hydrogens is 758 g/mol. The van der Waals surface area contributed by atoms with Gasteiger partial charge in [-0.15, -0.1) is 0 Å². The Hall–Kier alpha value is -4.33. The number of allylic oxidation sites excluding steroid dienone is 20. The molecular formula is C51H68ClNO6. The van der Waals surface area contributed by atoms with Crippen LogP contribution in [0.4, 0.5) is 0 Å². The maximum Gasteiger partial charge on any atom is 0.365 e. The molecule has 1 heterocycles. The number of carbonyl (C=O) groups is 4. The standard InChI is InChI=1S/C51H67NO6.ClH/c1-34(20-15-22-36(3)27-29-41-38(5)46(53)44(32-50(41,7)8)57-48(55)40-24-13-14-25-40)18-11-12-19-35(2)21-16-23-37(4)28-30-42-39(6)47(54)45(33-51(42,9)10)58-49(56)43-26-17-31-52-43;/h11-12,15-16,18-23,27-30,40,43-45,52H,13-14,17,24-26,31-33H2,1-10H3;1H/b12-11+,20-15+,21-16+,29-27+,30-28+,34-18+,35-19+,36-22+,37-23+;. The highest BCUT2D eigenvalue weighted by Crippen LogP contribution is 2.42. The Labute approximate surface area is 360 Å². The molecule has 1 aliphatic heterocycles. The molecule has 0 spiro atoms. The van der Waals surface area contributed by atoms with Crippen LogP contribution in [0.3, 0.4) is 0 Å². The predicted octanol–water partition coefficient (Wildman–Crippen LogP) is 6.93. The second-order valence-electron chi connectivity index (χ2n) is 18.0. The van der Waals surface area contributed by atoms with E-state index in [-0.39, 0.29) is 58.7 Å². The molecule has 4 rings (SSSR count). The fourth-order valence-corrected chi connectivity index (χ4v) is 8.37. The van der Waals surface area contributed by atoms with E-state index in [9.17, 15) is 19.2 Å². The van der Waals surface area contributed by atoms with E-state index in [0.29, 0.717) is 24.0 Å². The van der Waals surface area contributed by atoms with Gasteiger partial charge in [0.2, 0.25) is 0 Å². The van der Waals surface area contributed by atoms with Crippen LogP contribution in [0, 0.1) is 16.7 Å². The highest BCUT2D eigenvalue weighted by molar-refractivity contribution is 6.02. The van der Waals surface area contributed by atoms with Crippen molar-refractivity contribution in [1.29, 1.82) is 0 Å². The molecule has 3 unspecified atom stereocenters. The van der Waals surface area contributed by atoms with Crippen molar-refractivity contribution in [2.45, 2.75) is 139 Å². The molecule has 59 heavy (non-hydrogen) atoms. The van der Waals surface area contributed by atoms with Crippen LogP contribution in [0.25, 0.3) is 0 Å². The normalized spacial score (nSPS) is 25.2. The van der Waals surface area contributed by atoms with Crippen molar-refractivity contribution in [3.8, 4) is 0 Å². The van der Waals surface area contributed by atoms with Gasteiger partial charge in [0.25, 0.3) is 0 Å². The maximum absolute atomic E-state index is 13.2. The Morgan fingerprint density at radius 3 is 1.42 bits per heavy atom. The molecule has 0 radical (unpaired) electrons. The van der Waals surface area contributed by atoms with Crippen LogP contribution >= 0.6 is 0 Å². The number of ether oxygens (including phenoxy) is 2. The summed E-state index contributed by atoms with van der Waals surface area (Å²) in [7, 11) is 0. The van der Waals surface area contributed by atoms with E-state index in [4.69, 9.17) is 9.47 Å². The van der Waals surface area contributed by atoms with Crippen molar-refractivity contribution in [3.05, 3.63) is 130 Å². The topological polar surface area (TPSA) is 103 Å². The number of Topliss-reactive ketones (excluding diaryl/α,β-unsaturated/α-hetero) is 2. The van der Waals surface area contributed by atoms with Crippen molar-refractivity contribution in [3.63, 3.8) is 0 Å². The lowest BCUT2D eigenvalue weighted by molar-refractivity contribution is -0.659. The van der Waals surface area contributed by atoms with Gasteiger partial charge in [-0.05, 0) is 87.5 Å². The molecule has 3 atom stereocenters. The minimum Gasteiger partial charge on any atom is -1.00 e. The molecule has 0 aromatic rings. The van der Waals surface area contributed by atoms with Gasteiger partial charge in [0.1, 0.15) is 0 Å². The van der Waals surface area contributed by atoms with Gasteiger partial charge in [0.05, 0.1) is 12.5 Å². The van der Waals surface area contributed by atoms with Gasteiger partial charge in [-0.25, -0.2) is 4.79 Å². The smallest absolute Gasteiger partial charge is 0.365 e. The molecule has 2 fully saturated rings. The number of nitrogens with two attached hydrogens (primary N) is 1. The summed E-state index contributed by atoms with van der Waals surface area (Å²) in [6.07, 6.45) is 33.8. The third kappa shape index (κ3) is 14.1. The molecule has 0 aromatic heterocycles. The van der Waals surface area contributed by atoms with Gasteiger partial charge in [-0.2, -0.15) is 0 Å². The van der Waals surface area contributed by atoms with Crippen molar-refractivity contribution in [2.24, 2.45) is 16.7 Å². The number of ketones is 2. The lowest BCUT2D eigenvalue weighted by Gasteiger charge is -2.36. The van der Waals surface area contributed by atoms with Gasteiger partial charge >= 0.3 is 11.9 Å². The predicted molar refractivity (Wildman–Crippen MR) is 234 cm³/mol. The van der Waals surface area contributed by atoms with E-state index in [0.717, 1.165) is 78.5 Å². The summed E-state index contributed by atoms with van der Waals surface area (Å²) in [4.78, 5) is 51.6. The zero-order chi connectivity index (χ0) is 42.6. The van der Waals surface area contributed by atoms with E-state index in [1.54, 1.807) is 0 Å². The molecule has 7 nitrogen and oxygen atoms in total. The second kappa shape index (κ2) is 22.3. The first-order chi connectivity index (χ1) is 27.4. The quantitative estimate of drug-likeness (QED) is 0.151. The van der Waals surface area contributed by atoms with Gasteiger partial charge in [0.15, 0.2) is 29.8 Å². The van der Waals surface area contributed by atoms with Crippen LogP contribution in [0.5, 0.6) is 0 Å². The van der Waals surface area contributed by atoms with Gasteiger partial charge in [-0.3, -0.25) is 14.4 Å². The third-order valence-corrected chi connectivity index (χ3v) is 12.0. The van der Waals surface area contributed by atoms with Crippen molar-refractivity contribution in [1.82, 2.24) is 0 Å². The first-order valence-electron chi connectivity index (χ1n) is 21.2. The molecule has 0 aromatic carbocycles. The molecule has 2 N–H and O–H groups in total. The van der Waals surface area contributed by atoms with Crippen LogP contribution < -0.4 is 17.7 Å². The van der Waals surface area contributed by atoms with Crippen LogP contribution in [0.15, 0.2) is 130 Å². The van der Waals surface area contributed by atoms with Gasteiger partial charge in [0, 0.05) is 25.7 Å². The molecule has 8 heteroatoms. The largest absolute Gasteiger partial charge is 1.00 e. The third-order valence-electron chi connectivity index (χ3n) is 12.0. The van der Waals surface area contributed by atoms with Crippen LogP contribution in [0.1, 0.15) is 121 Å². The Balaban J connectivity index is 0.00000930. The molecule has 1 saturated heterocycles. The number of esters is 2. The van der Waals surface area contributed by atoms with E-state index < -0.39 is 12.2 Å². The Morgan fingerprint density at radius 2 is 1.00 bits per heavy atom. The average Bonchev–Trinajstić information content (AvgIpc) is 3.90. The number of hydrogen-bond acceptors (Lipinski definition) is 6. The van der Waals surface area contributed by atoms with Crippen LogP contribution in [-0.2, 0) is 28.7 Å². The number of hydrogen-bond donors (Lipinski definition) is 1. The summed E-state index contributed by atoms with van der Waals surface area (Å²) in [5.74, 6) is -0.718. The molecule has 4 aliphatic rings. The molecule has 320 valence electrons. The van der Waals surface area contributed by atoms with E-state index >= 15 is 0 Å². The van der Waals surface area contributed by atoms with Crippen LogP contribution in [-0.4, -0.2) is 48.3 Å². The zero-order valence-electron chi connectivity index (χ0n) is 37.2. The zero-order valence-corrected chi connectivity index (χ0v) is 37.9. The monoisotopic (exact) mass is 825 g/mol. The Morgan fingerprint density at radius 1 is 0.593 bits per heavy atom. The summed E-state index contributed by atoms with van der Waals surface area (Å²) < 4.78 is 11.5. The lowest BCUT2D eigenvalue weighted by Crippen LogP contribution is -3.00. The summed E-state index contributed by atoms with van der Waals surface area (Å²) in [6.45, 7) is 21.2. The summed E-state index contributed by atoms with van der Waals surface area (Å²) in [5.41, 5.74) is 7.06.